The normalized spacial score (nSPS) is 8.83. The first-order valence-electron chi connectivity index (χ1n) is 1.70. The van der Waals surface area contributed by atoms with Gasteiger partial charge in [0, 0.05) is 11.9 Å². The Kier molecular flexibility index (Phi) is 0.638. The SMILES string of the molecule is [CH2]c1cnc[nH]1. The zero-order chi connectivity index (χ0) is 4.41. The molecule has 0 saturated heterocycles. The van der Waals surface area contributed by atoms with Gasteiger partial charge in [-0.25, -0.2) is 4.98 Å². The van der Waals surface area contributed by atoms with Crippen LogP contribution in [0.4, 0.5) is 0 Å². The molecule has 0 spiro atoms. The molecule has 0 aliphatic rings. The van der Waals surface area contributed by atoms with Crippen molar-refractivity contribution in [2.75, 3.05) is 0 Å². The molecule has 2 heteroatoms. The molecule has 0 bridgehead atoms. The van der Waals surface area contributed by atoms with E-state index >= 15 is 0 Å². The lowest BCUT2D eigenvalue weighted by Crippen LogP contribution is -1.59. The zero-order valence-electron chi connectivity index (χ0n) is 3.31. The summed E-state index contributed by atoms with van der Waals surface area (Å²) < 4.78 is 0. The molecule has 0 aliphatic heterocycles. The van der Waals surface area contributed by atoms with Gasteiger partial charge in [-0.3, -0.25) is 0 Å². The van der Waals surface area contributed by atoms with E-state index in [-0.39, 0.29) is 0 Å². The van der Waals surface area contributed by atoms with E-state index in [9.17, 15) is 0 Å². The molecule has 1 heterocycles. The van der Waals surface area contributed by atoms with Crippen LogP contribution in [0.1, 0.15) is 5.69 Å². The van der Waals surface area contributed by atoms with E-state index in [1.165, 1.54) is 0 Å². The average molecular weight is 81.1 g/mol. The molecule has 0 unspecified atom stereocenters. The van der Waals surface area contributed by atoms with E-state index in [1.54, 1.807) is 12.5 Å². The number of hydrogen-bond donors (Lipinski definition) is 1. The number of nitrogens with one attached hydrogen (secondary N) is 1. The largest absolute Gasteiger partial charge is 0.348 e. The fraction of sp³-hybridized carbons (Fsp3) is 0. The van der Waals surface area contributed by atoms with E-state index in [1.807, 2.05) is 0 Å². The summed E-state index contributed by atoms with van der Waals surface area (Å²) in [5.41, 5.74) is 0.856. The van der Waals surface area contributed by atoms with Crippen molar-refractivity contribution in [3.63, 3.8) is 0 Å². The first-order chi connectivity index (χ1) is 2.89. The second-order valence-electron chi connectivity index (χ2n) is 1.08. The molecule has 0 atom stereocenters. The maximum absolute atomic E-state index is 3.70. The lowest BCUT2D eigenvalue weighted by atomic mass is 10.6. The van der Waals surface area contributed by atoms with Crippen LogP contribution in [0.5, 0.6) is 0 Å². The predicted octanol–water partition coefficient (Wildman–Crippen LogP) is 0.592. The minimum Gasteiger partial charge on any atom is -0.348 e. The van der Waals surface area contributed by atoms with Crippen molar-refractivity contribution < 1.29 is 0 Å². The van der Waals surface area contributed by atoms with Crippen LogP contribution in [0.25, 0.3) is 0 Å². The van der Waals surface area contributed by atoms with Crippen LogP contribution in [-0.2, 0) is 0 Å². The Balaban J connectivity index is 3.05. The fourth-order valence-corrected chi connectivity index (χ4v) is 0.285. The van der Waals surface area contributed by atoms with Gasteiger partial charge in [0.15, 0.2) is 0 Å². The van der Waals surface area contributed by atoms with Crippen molar-refractivity contribution in [2.24, 2.45) is 0 Å². The van der Waals surface area contributed by atoms with Crippen molar-refractivity contribution in [3.05, 3.63) is 25.1 Å². The second kappa shape index (κ2) is 1.12. The molecule has 1 aromatic heterocycles. The van der Waals surface area contributed by atoms with Crippen LogP contribution in [0, 0.1) is 6.92 Å². The smallest absolute Gasteiger partial charge is 0.0921 e. The quantitative estimate of drug-likeness (QED) is 0.486. The molecule has 1 N–H and O–H groups in total. The maximum Gasteiger partial charge on any atom is 0.0921 e. The highest BCUT2D eigenvalue weighted by Crippen LogP contribution is 1.81. The standard InChI is InChI=1S/C4H5N2/c1-4-2-5-3-6-4/h2-3H,1H2,(H,5,6). The van der Waals surface area contributed by atoms with Gasteiger partial charge >= 0.3 is 0 Å². The molecule has 0 saturated carbocycles. The Morgan fingerprint density at radius 3 is 2.83 bits per heavy atom. The minimum atomic E-state index is 0.856. The van der Waals surface area contributed by atoms with E-state index in [4.69, 9.17) is 0 Å². The van der Waals surface area contributed by atoms with Crippen molar-refractivity contribution in [2.45, 2.75) is 0 Å². The van der Waals surface area contributed by atoms with Gasteiger partial charge in [-0.05, 0) is 6.92 Å². The third kappa shape index (κ3) is 0.407. The number of rotatable bonds is 0. The molecule has 6 heavy (non-hydrogen) atoms. The maximum atomic E-state index is 3.70. The Hall–Kier alpha value is -0.790. The summed E-state index contributed by atoms with van der Waals surface area (Å²) in [6.07, 6.45) is 3.27. The summed E-state index contributed by atoms with van der Waals surface area (Å²) in [7, 11) is 0. The number of hydrogen-bond acceptors (Lipinski definition) is 1. The Labute approximate surface area is 36.2 Å². The Morgan fingerprint density at radius 2 is 2.67 bits per heavy atom. The molecule has 1 aromatic rings. The third-order valence-corrected chi connectivity index (χ3v) is 0.555. The van der Waals surface area contributed by atoms with Gasteiger partial charge in [0.05, 0.1) is 6.33 Å². The zero-order valence-corrected chi connectivity index (χ0v) is 3.31. The van der Waals surface area contributed by atoms with E-state index in [0.29, 0.717) is 0 Å². The topological polar surface area (TPSA) is 28.7 Å². The molecule has 0 aliphatic carbocycles. The van der Waals surface area contributed by atoms with Crippen LogP contribution in [0.3, 0.4) is 0 Å². The van der Waals surface area contributed by atoms with Gasteiger partial charge in [-0.1, -0.05) is 0 Å². The molecule has 0 amide bonds. The van der Waals surface area contributed by atoms with Gasteiger partial charge in [0.25, 0.3) is 0 Å². The average Bonchev–Trinajstić information content (AvgIpc) is 1.86. The molecule has 0 fully saturated rings. The monoisotopic (exact) mass is 81.0 g/mol. The van der Waals surface area contributed by atoms with Gasteiger partial charge < -0.3 is 4.98 Å². The van der Waals surface area contributed by atoms with Gasteiger partial charge in [0.1, 0.15) is 0 Å². The number of imidazole rings is 1. The highest BCUT2D eigenvalue weighted by Gasteiger charge is 1.73. The van der Waals surface area contributed by atoms with Crippen molar-refractivity contribution in [3.8, 4) is 0 Å². The van der Waals surface area contributed by atoms with Crippen molar-refractivity contribution in [1.82, 2.24) is 9.97 Å². The number of aromatic nitrogens is 2. The van der Waals surface area contributed by atoms with Crippen molar-refractivity contribution in [1.29, 1.82) is 0 Å². The van der Waals surface area contributed by atoms with Crippen LogP contribution in [0.15, 0.2) is 12.5 Å². The molecular weight excluding hydrogens is 76.1 g/mol. The Bertz CT molecular complexity index is 109. The summed E-state index contributed by atoms with van der Waals surface area (Å²) in [6, 6.07) is 0. The van der Waals surface area contributed by atoms with E-state index in [2.05, 4.69) is 16.9 Å². The summed E-state index contributed by atoms with van der Waals surface area (Å²) in [5, 5.41) is 0. The third-order valence-electron chi connectivity index (χ3n) is 0.555. The summed E-state index contributed by atoms with van der Waals surface area (Å²) in [5.74, 6) is 0. The van der Waals surface area contributed by atoms with Crippen LogP contribution >= 0.6 is 0 Å². The fourth-order valence-electron chi connectivity index (χ4n) is 0.285. The molecule has 1 rings (SSSR count). The predicted molar refractivity (Wildman–Crippen MR) is 23.0 cm³/mol. The second-order valence-corrected chi connectivity index (χ2v) is 1.08. The van der Waals surface area contributed by atoms with Crippen LogP contribution in [0.2, 0.25) is 0 Å². The molecule has 31 valence electrons. The van der Waals surface area contributed by atoms with Gasteiger partial charge in [-0.2, -0.15) is 0 Å². The highest BCUT2D eigenvalue weighted by molar-refractivity contribution is 4.96. The molecular formula is C4H5N2. The summed E-state index contributed by atoms with van der Waals surface area (Å²) >= 11 is 0. The first-order valence-corrected chi connectivity index (χ1v) is 1.70. The number of nitrogens with zero attached hydrogens (tertiary/aromatic N) is 1. The van der Waals surface area contributed by atoms with Gasteiger partial charge in [0.2, 0.25) is 0 Å². The summed E-state index contributed by atoms with van der Waals surface area (Å²) in [4.78, 5) is 6.48. The highest BCUT2D eigenvalue weighted by atomic mass is 14.8. The van der Waals surface area contributed by atoms with E-state index in [0.717, 1.165) is 5.69 Å². The number of aromatic amines is 1. The van der Waals surface area contributed by atoms with Crippen LogP contribution in [-0.4, -0.2) is 9.97 Å². The van der Waals surface area contributed by atoms with E-state index < -0.39 is 0 Å². The number of H-pyrrole nitrogens is 1. The molecule has 0 aromatic carbocycles. The van der Waals surface area contributed by atoms with Gasteiger partial charge in [-0.15, -0.1) is 0 Å². The lowest BCUT2D eigenvalue weighted by molar-refractivity contribution is 1.30. The lowest BCUT2D eigenvalue weighted by Gasteiger charge is -1.67. The summed E-state index contributed by atoms with van der Waals surface area (Å²) in [6.45, 7) is 3.56. The molecule has 2 nitrogen and oxygen atoms in total. The minimum absolute atomic E-state index is 0.856. The van der Waals surface area contributed by atoms with Crippen LogP contribution < -0.4 is 0 Å². The Morgan fingerprint density at radius 1 is 1.83 bits per heavy atom. The van der Waals surface area contributed by atoms with Crippen molar-refractivity contribution >= 4 is 0 Å². The first kappa shape index (κ1) is 3.40. The molecule has 1 radical (unpaired) electrons.